The van der Waals surface area contributed by atoms with Crippen molar-refractivity contribution < 1.29 is 4.79 Å². The van der Waals surface area contributed by atoms with E-state index in [1.54, 1.807) is 7.05 Å². The minimum Gasteiger partial charge on any atom is -0.301 e. The topological polar surface area (TPSA) is 85.6 Å². The van der Waals surface area contributed by atoms with Gasteiger partial charge in [-0.2, -0.15) is 0 Å². The molecule has 1 aromatic carbocycles. The summed E-state index contributed by atoms with van der Waals surface area (Å²) < 4.78 is 1.53. The maximum atomic E-state index is 12.0. The van der Waals surface area contributed by atoms with Crippen LogP contribution in [0.3, 0.4) is 0 Å². The molecule has 0 spiro atoms. The van der Waals surface area contributed by atoms with E-state index in [1.165, 1.54) is 38.9 Å². The van der Waals surface area contributed by atoms with E-state index >= 15 is 0 Å². The summed E-state index contributed by atoms with van der Waals surface area (Å²) in [5, 5.41) is 17.0. The van der Waals surface area contributed by atoms with Crippen LogP contribution in [-0.4, -0.2) is 36.9 Å². The standard InChI is InChI=1S/C15H16N6OS2/c1-9-4-5-11(6-10(9)2)12-7-23-14(16-12)17-13(22)8-24-15-18-19-20-21(15)3/h4-7H,8H2,1-3H3,(H,16,17,22). The summed E-state index contributed by atoms with van der Waals surface area (Å²) in [7, 11) is 1.73. The lowest BCUT2D eigenvalue weighted by molar-refractivity contribution is -0.113. The molecule has 0 aliphatic rings. The van der Waals surface area contributed by atoms with Crippen molar-refractivity contribution in [1.82, 2.24) is 25.2 Å². The number of nitrogens with one attached hydrogen (secondary N) is 1. The van der Waals surface area contributed by atoms with E-state index < -0.39 is 0 Å². The number of thiazole rings is 1. The van der Waals surface area contributed by atoms with Crippen molar-refractivity contribution in [3.8, 4) is 11.3 Å². The van der Waals surface area contributed by atoms with E-state index in [-0.39, 0.29) is 11.7 Å². The normalized spacial score (nSPS) is 10.8. The molecule has 3 rings (SSSR count). The first-order valence-corrected chi connectivity index (χ1v) is 9.07. The minimum atomic E-state index is -0.135. The highest BCUT2D eigenvalue weighted by atomic mass is 32.2. The van der Waals surface area contributed by atoms with Gasteiger partial charge >= 0.3 is 0 Å². The average molecular weight is 360 g/mol. The molecule has 0 atom stereocenters. The van der Waals surface area contributed by atoms with Crippen LogP contribution in [0.2, 0.25) is 0 Å². The molecule has 0 fully saturated rings. The van der Waals surface area contributed by atoms with Crippen molar-refractivity contribution in [2.45, 2.75) is 19.0 Å². The average Bonchev–Trinajstić information content (AvgIpc) is 3.17. The fraction of sp³-hybridized carbons (Fsp3) is 0.267. The molecule has 24 heavy (non-hydrogen) atoms. The van der Waals surface area contributed by atoms with E-state index in [4.69, 9.17) is 0 Å². The molecule has 124 valence electrons. The summed E-state index contributed by atoms with van der Waals surface area (Å²) in [6.45, 7) is 4.16. The summed E-state index contributed by atoms with van der Waals surface area (Å²) in [6.07, 6.45) is 0. The molecule has 0 unspecified atom stereocenters. The van der Waals surface area contributed by atoms with Crippen molar-refractivity contribution in [1.29, 1.82) is 0 Å². The third kappa shape index (κ3) is 3.80. The van der Waals surface area contributed by atoms with Gasteiger partial charge in [0.1, 0.15) is 0 Å². The zero-order valence-corrected chi connectivity index (χ0v) is 15.1. The van der Waals surface area contributed by atoms with Crippen molar-refractivity contribution in [2.24, 2.45) is 7.05 Å². The SMILES string of the molecule is Cc1ccc(-c2csc(NC(=O)CSc3nnnn3C)n2)cc1C. The van der Waals surface area contributed by atoms with Crippen LogP contribution in [-0.2, 0) is 11.8 Å². The molecule has 1 N–H and O–H groups in total. The molecule has 0 radical (unpaired) electrons. The highest BCUT2D eigenvalue weighted by molar-refractivity contribution is 7.99. The molecule has 1 amide bonds. The van der Waals surface area contributed by atoms with Gasteiger partial charge in [0.05, 0.1) is 11.4 Å². The van der Waals surface area contributed by atoms with E-state index in [0.29, 0.717) is 10.3 Å². The second-order valence-electron chi connectivity index (χ2n) is 5.26. The van der Waals surface area contributed by atoms with Crippen molar-refractivity contribution in [3.05, 3.63) is 34.7 Å². The summed E-state index contributed by atoms with van der Waals surface area (Å²) >= 11 is 2.69. The van der Waals surface area contributed by atoms with E-state index in [1.807, 2.05) is 11.4 Å². The van der Waals surface area contributed by atoms with Gasteiger partial charge in [-0.05, 0) is 41.5 Å². The maximum absolute atomic E-state index is 12.0. The highest BCUT2D eigenvalue weighted by Gasteiger charge is 2.11. The molecule has 0 aliphatic carbocycles. The summed E-state index contributed by atoms with van der Waals surface area (Å²) in [4.78, 5) is 16.5. The van der Waals surface area contributed by atoms with Gasteiger partial charge in [-0.25, -0.2) is 9.67 Å². The molecule has 2 aromatic heterocycles. The number of aryl methyl sites for hydroxylation is 3. The molecule has 3 aromatic rings. The molecule has 0 bridgehead atoms. The second kappa shape index (κ2) is 7.10. The Kier molecular flexibility index (Phi) is 4.91. The first-order chi connectivity index (χ1) is 11.5. The quantitative estimate of drug-likeness (QED) is 0.704. The van der Waals surface area contributed by atoms with Gasteiger partial charge in [0.2, 0.25) is 11.1 Å². The van der Waals surface area contributed by atoms with Crippen LogP contribution in [0.1, 0.15) is 11.1 Å². The summed E-state index contributed by atoms with van der Waals surface area (Å²) in [5.41, 5.74) is 4.38. The number of carbonyl (C=O) groups excluding carboxylic acids is 1. The molecule has 0 aliphatic heterocycles. The predicted octanol–water partition coefficient (Wildman–Crippen LogP) is 2.68. The summed E-state index contributed by atoms with van der Waals surface area (Å²) in [6, 6.07) is 6.22. The Morgan fingerprint density at radius 3 is 2.88 bits per heavy atom. The Bertz CT molecular complexity index is 872. The van der Waals surface area contributed by atoms with Gasteiger partial charge in [0, 0.05) is 18.0 Å². The second-order valence-corrected chi connectivity index (χ2v) is 7.06. The number of anilines is 1. The van der Waals surface area contributed by atoms with Gasteiger partial charge in [-0.3, -0.25) is 4.79 Å². The lowest BCUT2D eigenvalue weighted by Gasteiger charge is -2.03. The number of amides is 1. The lowest BCUT2D eigenvalue weighted by Crippen LogP contribution is -2.14. The Balaban J connectivity index is 1.62. The third-order valence-electron chi connectivity index (χ3n) is 3.47. The van der Waals surface area contributed by atoms with Crippen LogP contribution in [0.5, 0.6) is 0 Å². The first kappa shape index (κ1) is 16.6. The van der Waals surface area contributed by atoms with Crippen LogP contribution in [0.15, 0.2) is 28.7 Å². The number of nitrogens with zero attached hydrogens (tertiary/aromatic N) is 5. The predicted molar refractivity (Wildman–Crippen MR) is 95.2 cm³/mol. The fourth-order valence-electron chi connectivity index (χ4n) is 1.99. The summed E-state index contributed by atoms with van der Waals surface area (Å²) in [5.74, 6) is 0.0937. The molecule has 7 nitrogen and oxygen atoms in total. The lowest BCUT2D eigenvalue weighted by atomic mass is 10.1. The monoisotopic (exact) mass is 360 g/mol. The largest absolute Gasteiger partial charge is 0.301 e. The number of benzene rings is 1. The van der Waals surface area contributed by atoms with E-state index in [2.05, 4.69) is 51.8 Å². The highest BCUT2D eigenvalue weighted by Crippen LogP contribution is 2.26. The number of aromatic nitrogens is 5. The Morgan fingerprint density at radius 2 is 2.17 bits per heavy atom. The molecule has 0 saturated carbocycles. The van der Waals surface area contributed by atoms with Gasteiger partial charge in [-0.1, -0.05) is 23.9 Å². The van der Waals surface area contributed by atoms with Gasteiger partial charge < -0.3 is 5.32 Å². The zero-order chi connectivity index (χ0) is 17.1. The van der Waals surface area contributed by atoms with Crippen LogP contribution < -0.4 is 5.32 Å². The Morgan fingerprint density at radius 1 is 1.33 bits per heavy atom. The number of tetrazole rings is 1. The molecule has 2 heterocycles. The molecular weight excluding hydrogens is 344 g/mol. The number of hydrogen-bond acceptors (Lipinski definition) is 7. The molecule has 0 saturated heterocycles. The third-order valence-corrected chi connectivity index (χ3v) is 5.24. The minimum absolute atomic E-state index is 0.135. The van der Waals surface area contributed by atoms with Gasteiger partial charge in [-0.15, -0.1) is 16.4 Å². The van der Waals surface area contributed by atoms with Crippen LogP contribution in [0.4, 0.5) is 5.13 Å². The number of rotatable bonds is 5. The Labute approximate surface area is 147 Å². The van der Waals surface area contributed by atoms with Crippen molar-refractivity contribution in [2.75, 3.05) is 11.1 Å². The van der Waals surface area contributed by atoms with Crippen LogP contribution >= 0.6 is 23.1 Å². The molecular formula is C15H16N6OS2. The number of carbonyl (C=O) groups is 1. The van der Waals surface area contributed by atoms with Crippen LogP contribution in [0, 0.1) is 13.8 Å². The molecule has 9 heteroatoms. The van der Waals surface area contributed by atoms with Gasteiger partial charge in [0.25, 0.3) is 0 Å². The Hall–Kier alpha value is -2.26. The van der Waals surface area contributed by atoms with E-state index in [0.717, 1.165) is 11.3 Å². The zero-order valence-electron chi connectivity index (χ0n) is 13.5. The van der Waals surface area contributed by atoms with Crippen LogP contribution in [0.25, 0.3) is 11.3 Å². The van der Waals surface area contributed by atoms with E-state index in [9.17, 15) is 4.79 Å². The maximum Gasteiger partial charge on any atom is 0.236 e. The first-order valence-electron chi connectivity index (χ1n) is 7.21. The van der Waals surface area contributed by atoms with Gasteiger partial charge in [0.15, 0.2) is 5.13 Å². The number of thioether (sulfide) groups is 1. The smallest absolute Gasteiger partial charge is 0.236 e. The number of hydrogen-bond donors (Lipinski definition) is 1. The van der Waals surface area contributed by atoms with Crippen molar-refractivity contribution >= 4 is 34.1 Å². The van der Waals surface area contributed by atoms with Crippen molar-refractivity contribution in [3.63, 3.8) is 0 Å². The fourth-order valence-corrected chi connectivity index (χ4v) is 3.38.